The molecular weight excluding hydrogens is 328 g/mol. The van der Waals surface area contributed by atoms with Crippen molar-refractivity contribution < 1.29 is 9.84 Å². The Balaban J connectivity index is 1.62. The van der Waals surface area contributed by atoms with Crippen molar-refractivity contribution in [3.05, 3.63) is 0 Å². The highest BCUT2D eigenvalue weighted by Gasteiger charge is 2.38. The molecule has 3 N–H and O–H groups in total. The first-order chi connectivity index (χ1) is 12.7. The Kier molecular flexibility index (Phi) is 7.58. The molecule has 0 amide bonds. The van der Waals surface area contributed by atoms with Crippen LogP contribution < -0.4 is 10.6 Å². The normalized spacial score (nSPS) is 30.3. The van der Waals surface area contributed by atoms with Gasteiger partial charge in [-0.2, -0.15) is 0 Å². The average Bonchev–Trinajstić information content (AvgIpc) is 3.10. The molecule has 1 heterocycles. The van der Waals surface area contributed by atoms with Gasteiger partial charge in [0.05, 0.1) is 25.9 Å². The Morgan fingerprint density at radius 3 is 2.54 bits per heavy atom. The maximum atomic E-state index is 10.1. The Hall–Kier alpha value is -0.850. The number of hydrogen-bond acceptors (Lipinski definition) is 4. The standard InChI is InChI=1S/C20H38N4O2/c1-2-21-19(22-15-17-7-6-8-18(17)25)23-16-20(9-4-3-5-10-20)24-11-13-26-14-12-24/h17-18,25H,2-16H2,1H3,(H2,21,22,23). The van der Waals surface area contributed by atoms with Crippen molar-refractivity contribution in [2.75, 3.05) is 45.9 Å². The summed E-state index contributed by atoms with van der Waals surface area (Å²) in [4.78, 5) is 7.64. The van der Waals surface area contributed by atoms with E-state index in [0.717, 1.165) is 71.2 Å². The summed E-state index contributed by atoms with van der Waals surface area (Å²) < 4.78 is 5.58. The lowest BCUT2D eigenvalue weighted by Crippen LogP contribution is -2.56. The third-order valence-electron chi connectivity index (χ3n) is 6.49. The molecule has 26 heavy (non-hydrogen) atoms. The van der Waals surface area contributed by atoms with Gasteiger partial charge in [0.15, 0.2) is 5.96 Å². The summed E-state index contributed by atoms with van der Waals surface area (Å²) in [5, 5.41) is 16.9. The summed E-state index contributed by atoms with van der Waals surface area (Å²) in [6, 6.07) is 0. The zero-order valence-electron chi connectivity index (χ0n) is 16.5. The summed E-state index contributed by atoms with van der Waals surface area (Å²) >= 11 is 0. The van der Waals surface area contributed by atoms with E-state index < -0.39 is 0 Å². The van der Waals surface area contributed by atoms with Gasteiger partial charge in [0, 0.05) is 37.6 Å². The van der Waals surface area contributed by atoms with Crippen molar-refractivity contribution in [1.29, 1.82) is 0 Å². The van der Waals surface area contributed by atoms with Crippen LogP contribution >= 0.6 is 0 Å². The van der Waals surface area contributed by atoms with Gasteiger partial charge in [-0.3, -0.25) is 9.89 Å². The van der Waals surface area contributed by atoms with E-state index in [2.05, 4.69) is 22.5 Å². The molecule has 0 bridgehead atoms. The molecule has 6 heteroatoms. The Bertz CT molecular complexity index is 445. The van der Waals surface area contributed by atoms with E-state index in [1.165, 1.54) is 32.1 Å². The van der Waals surface area contributed by atoms with Gasteiger partial charge in [0.2, 0.25) is 0 Å². The zero-order valence-corrected chi connectivity index (χ0v) is 16.5. The lowest BCUT2D eigenvalue weighted by Gasteiger charge is -2.47. The molecule has 3 aliphatic rings. The van der Waals surface area contributed by atoms with Crippen LogP contribution in [0.15, 0.2) is 4.99 Å². The monoisotopic (exact) mass is 366 g/mol. The molecule has 0 aromatic carbocycles. The molecule has 6 nitrogen and oxygen atoms in total. The van der Waals surface area contributed by atoms with Crippen LogP contribution in [0, 0.1) is 5.92 Å². The molecule has 2 atom stereocenters. The molecule has 1 aliphatic heterocycles. The first-order valence-electron chi connectivity index (χ1n) is 10.8. The number of hydrogen-bond donors (Lipinski definition) is 3. The summed E-state index contributed by atoms with van der Waals surface area (Å²) in [7, 11) is 0. The van der Waals surface area contributed by atoms with E-state index in [1.807, 2.05) is 0 Å². The minimum atomic E-state index is -0.150. The number of aliphatic imine (C=N–C) groups is 1. The number of nitrogens with one attached hydrogen (secondary N) is 2. The maximum Gasteiger partial charge on any atom is 0.191 e. The average molecular weight is 367 g/mol. The highest BCUT2D eigenvalue weighted by atomic mass is 16.5. The van der Waals surface area contributed by atoms with Crippen LogP contribution in [-0.2, 0) is 4.74 Å². The molecule has 1 saturated heterocycles. The molecule has 3 rings (SSSR count). The number of ether oxygens (including phenoxy) is 1. The first kappa shape index (κ1) is 19.9. The number of rotatable bonds is 6. The van der Waals surface area contributed by atoms with Crippen LogP contribution in [0.4, 0.5) is 0 Å². The quantitative estimate of drug-likeness (QED) is 0.493. The molecule has 2 aliphatic carbocycles. The van der Waals surface area contributed by atoms with Crippen molar-refractivity contribution in [2.24, 2.45) is 10.9 Å². The van der Waals surface area contributed by atoms with E-state index in [4.69, 9.17) is 9.73 Å². The van der Waals surface area contributed by atoms with Gasteiger partial charge in [0.1, 0.15) is 0 Å². The second-order valence-corrected chi connectivity index (χ2v) is 8.22. The number of aliphatic hydroxyl groups excluding tert-OH is 1. The van der Waals surface area contributed by atoms with Crippen molar-refractivity contribution >= 4 is 5.96 Å². The van der Waals surface area contributed by atoms with Crippen LogP contribution in [0.1, 0.15) is 58.3 Å². The number of nitrogens with zero attached hydrogens (tertiary/aromatic N) is 2. The second-order valence-electron chi connectivity index (χ2n) is 8.22. The largest absolute Gasteiger partial charge is 0.393 e. The minimum absolute atomic E-state index is 0.150. The van der Waals surface area contributed by atoms with E-state index >= 15 is 0 Å². The maximum absolute atomic E-state index is 10.1. The summed E-state index contributed by atoms with van der Waals surface area (Å²) in [5.74, 6) is 1.27. The van der Waals surface area contributed by atoms with Crippen molar-refractivity contribution in [1.82, 2.24) is 15.5 Å². The summed E-state index contributed by atoms with van der Waals surface area (Å²) in [5.41, 5.74) is 0.206. The van der Waals surface area contributed by atoms with Crippen LogP contribution in [0.2, 0.25) is 0 Å². The van der Waals surface area contributed by atoms with Gasteiger partial charge in [-0.25, -0.2) is 0 Å². The topological polar surface area (TPSA) is 69.1 Å². The Labute approximate surface area is 158 Å². The fourth-order valence-corrected chi connectivity index (χ4v) is 4.87. The van der Waals surface area contributed by atoms with Crippen molar-refractivity contribution in [2.45, 2.75) is 69.9 Å². The van der Waals surface area contributed by atoms with Crippen LogP contribution in [0.3, 0.4) is 0 Å². The fourth-order valence-electron chi connectivity index (χ4n) is 4.87. The third-order valence-corrected chi connectivity index (χ3v) is 6.49. The first-order valence-corrected chi connectivity index (χ1v) is 10.8. The van der Waals surface area contributed by atoms with Crippen LogP contribution in [0.5, 0.6) is 0 Å². The van der Waals surface area contributed by atoms with Gasteiger partial charge in [-0.05, 0) is 32.6 Å². The molecule has 0 spiro atoms. The Morgan fingerprint density at radius 1 is 1.12 bits per heavy atom. The smallest absolute Gasteiger partial charge is 0.191 e. The minimum Gasteiger partial charge on any atom is -0.393 e. The van der Waals surface area contributed by atoms with Gasteiger partial charge in [-0.1, -0.05) is 25.7 Å². The van der Waals surface area contributed by atoms with E-state index in [1.54, 1.807) is 0 Å². The molecule has 0 radical (unpaired) electrons. The van der Waals surface area contributed by atoms with Crippen molar-refractivity contribution in [3.8, 4) is 0 Å². The zero-order chi connectivity index (χ0) is 18.2. The van der Waals surface area contributed by atoms with Crippen LogP contribution in [0.25, 0.3) is 0 Å². The number of guanidine groups is 1. The molecule has 150 valence electrons. The highest BCUT2D eigenvalue weighted by molar-refractivity contribution is 5.79. The lowest BCUT2D eigenvalue weighted by molar-refractivity contribution is -0.0333. The fraction of sp³-hybridized carbons (Fsp3) is 0.950. The highest BCUT2D eigenvalue weighted by Crippen LogP contribution is 2.34. The third kappa shape index (κ3) is 5.11. The SMILES string of the molecule is CCNC(=NCC1(N2CCOCC2)CCCCC1)NCC1CCCC1O. The molecule has 2 saturated carbocycles. The molecule has 3 fully saturated rings. The van der Waals surface area contributed by atoms with E-state index in [0.29, 0.717) is 5.92 Å². The van der Waals surface area contributed by atoms with Gasteiger partial charge >= 0.3 is 0 Å². The Morgan fingerprint density at radius 2 is 1.88 bits per heavy atom. The number of aliphatic hydroxyl groups is 1. The predicted molar refractivity (Wildman–Crippen MR) is 106 cm³/mol. The molecule has 2 unspecified atom stereocenters. The lowest BCUT2D eigenvalue weighted by atomic mass is 9.80. The molecule has 0 aromatic heterocycles. The summed E-state index contributed by atoms with van der Waals surface area (Å²) in [6.45, 7) is 8.42. The van der Waals surface area contributed by atoms with Gasteiger partial charge in [0.25, 0.3) is 0 Å². The molecule has 0 aromatic rings. The number of morpholine rings is 1. The van der Waals surface area contributed by atoms with Crippen LogP contribution in [-0.4, -0.2) is 73.5 Å². The molecular formula is C20H38N4O2. The summed E-state index contributed by atoms with van der Waals surface area (Å²) in [6.07, 6.45) is 9.52. The van der Waals surface area contributed by atoms with Gasteiger partial charge < -0.3 is 20.5 Å². The van der Waals surface area contributed by atoms with E-state index in [9.17, 15) is 5.11 Å². The van der Waals surface area contributed by atoms with Gasteiger partial charge in [-0.15, -0.1) is 0 Å². The van der Waals surface area contributed by atoms with Crippen molar-refractivity contribution in [3.63, 3.8) is 0 Å². The van der Waals surface area contributed by atoms with E-state index in [-0.39, 0.29) is 11.6 Å². The predicted octanol–water partition coefficient (Wildman–Crippen LogP) is 1.74. The second kappa shape index (κ2) is 9.90.